The highest BCUT2D eigenvalue weighted by Crippen LogP contribution is 2.34. The molecule has 6 nitrogen and oxygen atoms in total. The first-order valence-electron chi connectivity index (χ1n) is 7.15. The first-order chi connectivity index (χ1) is 12.2. The average Bonchev–Trinajstić information content (AvgIpc) is 2.96. The van der Waals surface area contributed by atoms with E-state index >= 15 is 0 Å². The third kappa shape index (κ3) is 3.47. The van der Waals surface area contributed by atoms with Crippen LogP contribution in [0.25, 0.3) is 5.65 Å². The second-order valence-corrected chi connectivity index (χ2v) is 6.71. The number of nitrogens with zero attached hydrogens (tertiary/aromatic N) is 4. The van der Waals surface area contributed by atoms with Crippen LogP contribution in [-0.4, -0.2) is 19.5 Å². The fraction of sp³-hybridized carbons (Fsp3) is 0.200. The maximum atomic E-state index is 13.0. The third-order valence-corrected chi connectivity index (χ3v) is 5.00. The summed E-state index contributed by atoms with van der Waals surface area (Å²) in [5.74, 6) is 0.280. The van der Waals surface area contributed by atoms with Gasteiger partial charge < -0.3 is 0 Å². The van der Waals surface area contributed by atoms with Crippen LogP contribution in [0.5, 0.6) is 0 Å². The van der Waals surface area contributed by atoms with E-state index in [1.165, 1.54) is 10.5 Å². The van der Waals surface area contributed by atoms with Crippen molar-refractivity contribution >= 4 is 34.7 Å². The monoisotopic (exact) mass is 402 g/mol. The molecule has 0 atom stereocenters. The van der Waals surface area contributed by atoms with Gasteiger partial charge in [0, 0.05) is 23.6 Å². The maximum absolute atomic E-state index is 13.0. The van der Waals surface area contributed by atoms with Gasteiger partial charge in [0.25, 0.3) is 5.69 Å². The van der Waals surface area contributed by atoms with E-state index in [0.717, 1.165) is 24.0 Å². The molecule has 11 heteroatoms. The Kier molecular flexibility index (Phi) is 4.80. The lowest BCUT2D eigenvalue weighted by molar-refractivity contribution is -0.385. The topological polar surface area (TPSA) is 73.3 Å². The van der Waals surface area contributed by atoms with Crippen LogP contribution in [0.1, 0.15) is 16.7 Å². The minimum Gasteiger partial charge on any atom is -0.276 e. The summed E-state index contributed by atoms with van der Waals surface area (Å²) in [6, 6.07) is 5.46. The van der Waals surface area contributed by atoms with Crippen LogP contribution in [0.2, 0.25) is 5.02 Å². The van der Waals surface area contributed by atoms with Crippen molar-refractivity contribution in [3.63, 3.8) is 0 Å². The van der Waals surface area contributed by atoms with Gasteiger partial charge >= 0.3 is 6.18 Å². The zero-order valence-corrected chi connectivity index (χ0v) is 14.7. The van der Waals surface area contributed by atoms with Crippen LogP contribution >= 0.6 is 23.4 Å². The van der Waals surface area contributed by atoms with E-state index in [9.17, 15) is 23.3 Å². The van der Waals surface area contributed by atoms with Crippen molar-refractivity contribution in [3.8, 4) is 0 Å². The number of benzene rings is 1. The highest BCUT2D eigenvalue weighted by atomic mass is 35.5. The van der Waals surface area contributed by atoms with E-state index in [-0.39, 0.29) is 27.3 Å². The molecule has 0 fully saturated rings. The fourth-order valence-corrected chi connectivity index (χ4v) is 3.57. The Morgan fingerprint density at radius 1 is 1.35 bits per heavy atom. The number of pyridine rings is 1. The third-order valence-electron chi connectivity index (χ3n) is 3.73. The standard InChI is InChI=1S/C15H10ClF3N4O2S/c1-8-9(3-2-4-12(8)23(24)25)7-26-14-21-20-13-11(16)5-10(6-22(13)14)15(17,18)19/h2-6H,7H2,1H3. The van der Waals surface area contributed by atoms with Gasteiger partial charge in [0.1, 0.15) is 0 Å². The van der Waals surface area contributed by atoms with E-state index < -0.39 is 16.7 Å². The first kappa shape index (κ1) is 18.5. The molecule has 0 radical (unpaired) electrons. The summed E-state index contributed by atoms with van der Waals surface area (Å²) in [7, 11) is 0. The number of nitro groups is 1. The van der Waals surface area contributed by atoms with Crippen LogP contribution in [0.3, 0.4) is 0 Å². The molecular weight excluding hydrogens is 393 g/mol. The lowest BCUT2D eigenvalue weighted by Gasteiger charge is -2.09. The van der Waals surface area contributed by atoms with E-state index in [1.807, 2.05) is 0 Å². The highest BCUT2D eigenvalue weighted by molar-refractivity contribution is 7.98. The predicted octanol–water partition coefficient (Wildman–Crippen LogP) is 4.91. The quantitative estimate of drug-likeness (QED) is 0.352. The van der Waals surface area contributed by atoms with E-state index in [4.69, 9.17) is 11.6 Å². The second-order valence-electron chi connectivity index (χ2n) is 5.36. The number of hydrogen-bond donors (Lipinski definition) is 0. The molecule has 3 aromatic rings. The SMILES string of the molecule is Cc1c(CSc2nnc3c(Cl)cc(C(F)(F)F)cn23)cccc1[N+](=O)[O-]. The molecule has 1 aromatic carbocycles. The Bertz CT molecular complexity index is 1010. The minimum absolute atomic E-state index is 0.0170. The molecule has 0 bridgehead atoms. The van der Waals surface area contributed by atoms with Gasteiger partial charge in [-0.25, -0.2) is 0 Å². The fourth-order valence-electron chi connectivity index (χ4n) is 2.35. The van der Waals surface area contributed by atoms with Crippen LogP contribution in [0.4, 0.5) is 18.9 Å². The molecule has 0 spiro atoms. The predicted molar refractivity (Wildman–Crippen MR) is 90.4 cm³/mol. The van der Waals surface area contributed by atoms with Crippen LogP contribution in [0, 0.1) is 17.0 Å². The van der Waals surface area contributed by atoms with E-state index in [2.05, 4.69) is 10.2 Å². The molecule has 0 aliphatic heterocycles. The molecule has 2 heterocycles. The molecule has 26 heavy (non-hydrogen) atoms. The summed E-state index contributed by atoms with van der Waals surface area (Å²) in [6.45, 7) is 1.62. The highest BCUT2D eigenvalue weighted by Gasteiger charge is 2.32. The van der Waals surface area contributed by atoms with Gasteiger partial charge in [-0.05, 0) is 18.6 Å². The van der Waals surface area contributed by atoms with Gasteiger partial charge in [-0.3, -0.25) is 14.5 Å². The largest absolute Gasteiger partial charge is 0.417 e. The Hall–Kier alpha value is -2.33. The number of nitro benzene ring substituents is 1. The second kappa shape index (κ2) is 6.76. The van der Waals surface area contributed by atoms with Gasteiger partial charge in [-0.2, -0.15) is 13.2 Å². The molecule has 0 aliphatic rings. The Balaban J connectivity index is 1.94. The van der Waals surface area contributed by atoms with Crippen molar-refractivity contribution in [2.24, 2.45) is 0 Å². The van der Waals surface area contributed by atoms with Crippen molar-refractivity contribution in [1.29, 1.82) is 0 Å². The number of fused-ring (bicyclic) bond motifs is 1. The summed E-state index contributed by atoms with van der Waals surface area (Å²) in [5.41, 5.74) is 0.351. The smallest absolute Gasteiger partial charge is 0.276 e. The van der Waals surface area contributed by atoms with E-state index in [1.54, 1.807) is 19.1 Å². The Morgan fingerprint density at radius 2 is 2.08 bits per heavy atom. The Labute approximate surface area is 154 Å². The average molecular weight is 403 g/mol. The number of thioether (sulfide) groups is 1. The van der Waals surface area contributed by atoms with Gasteiger partial charge in [0.15, 0.2) is 10.8 Å². The summed E-state index contributed by atoms with van der Waals surface area (Å²) in [6.07, 6.45) is -3.68. The molecule has 136 valence electrons. The van der Waals surface area contributed by atoms with Gasteiger partial charge in [-0.15, -0.1) is 10.2 Å². The maximum Gasteiger partial charge on any atom is 0.417 e. The van der Waals surface area contributed by atoms with Crippen LogP contribution in [0.15, 0.2) is 35.6 Å². The van der Waals surface area contributed by atoms with Crippen molar-refractivity contribution < 1.29 is 18.1 Å². The van der Waals surface area contributed by atoms with Crippen molar-refractivity contribution in [2.45, 2.75) is 24.0 Å². The number of alkyl halides is 3. The van der Waals surface area contributed by atoms with Gasteiger partial charge in [-0.1, -0.05) is 35.5 Å². The van der Waals surface area contributed by atoms with Crippen molar-refractivity contribution in [2.75, 3.05) is 0 Å². The number of halogens is 4. The van der Waals surface area contributed by atoms with Gasteiger partial charge in [0.2, 0.25) is 0 Å². The van der Waals surface area contributed by atoms with E-state index in [0.29, 0.717) is 11.1 Å². The first-order valence-corrected chi connectivity index (χ1v) is 8.52. The van der Waals surface area contributed by atoms with Crippen molar-refractivity contribution in [1.82, 2.24) is 14.6 Å². The van der Waals surface area contributed by atoms with Crippen molar-refractivity contribution in [3.05, 3.63) is 62.3 Å². The molecule has 0 unspecified atom stereocenters. The summed E-state index contributed by atoms with van der Waals surface area (Å²) in [5, 5.41) is 18.7. The zero-order valence-electron chi connectivity index (χ0n) is 13.1. The van der Waals surface area contributed by atoms with Crippen LogP contribution in [-0.2, 0) is 11.9 Å². The number of rotatable bonds is 4. The zero-order chi connectivity index (χ0) is 19.1. The summed E-state index contributed by atoms with van der Waals surface area (Å²) >= 11 is 6.99. The number of aromatic nitrogens is 3. The van der Waals surface area contributed by atoms with Crippen LogP contribution < -0.4 is 0 Å². The van der Waals surface area contributed by atoms with Gasteiger partial charge in [0.05, 0.1) is 15.5 Å². The lowest BCUT2D eigenvalue weighted by atomic mass is 10.1. The molecule has 0 N–H and O–H groups in total. The summed E-state index contributed by atoms with van der Waals surface area (Å²) in [4.78, 5) is 10.5. The molecule has 0 aliphatic carbocycles. The lowest BCUT2D eigenvalue weighted by Crippen LogP contribution is -2.07. The molecule has 2 aromatic heterocycles. The number of hydrogen-bond acceptors (Lipinski definition) is 5. The molecule has 0 saturated heterocycles. The normalized spacial score (nSPS) is 11.9. The molecule has 0 saturated carbocycles. The molecule has 3 rings (SSSR count). The molecule has 0 amide bonds. The minimum atomic E-state index is -4.55. The Morgan fingerprint density at radius 3 is 2.73 bits per heavy atom. The molecular formula is C15H10ClF3N4O2S. The summed E-state index contributed by atoms with van der Waals surface area (Å²) < 4.78 is 40.1.